The van der Waals surface area contributed by atoms with Crippen LogP contribution in [0.5, 0.6) is 0 Å². The van der Waals surface area contributed by atoms with Gasteiger partial charge in [-0.1, -0.05) is 0 Å². The van der Waals surface area contributed by atoms with Crippen LogP contribution in [0.2, 0.25) is 0 Å². The van der Waals surface area contributed by atoms with Gasteiger partial charge in [-0.15, -0.1) is 0 Å². The summed E-state index contributed by atoms with van der Waals surface area (Å²) in [6, 6.07) is -0.374. The molecule has 0 aliphatic heterocycles. The molecule has 1 fully saturated rings. The van der Waals surface area contributed by atoms with E-state index in [1.807, 2.05) is 0 Å². The summed E-state index contributed by atoms with van der Waals surface area (Å²) in [5.74, 6) is 0. The second-order valence-electron chi connectivity index (χ2n) is 3.02. The highest BCUT2D eigenvalue weighted by Gasteiger charge is 2.21. The van der Waals surface area contributed by atoms with Gasteiger partial charge in [-0.2, -0.15) is 0 Å². The van der Waals surface area contributed by atoms with E-state index in [2.05, 4.69) is 5.32 Å². The maximum Gasteiger partial charge on any atom is 0.253 e. The second-order valence-corrected chi connectivity index (χ2v) is 3.02. The minimum Gasteiger partial charge on any atom is -0.323 e. The van der Waals surface area contributed by atoms with E-state index in [0.29, 0.717) is 19.0 Å². The van der Waals surface area contributed by atoms with Gasteiger partial charge in [0.1, 0.15) is 0 Å². The molecule has 0 aromatic heterocycles. The number of halogens is 2. The molecule has 1 unspecified atom stereocenters. The fourth-order valence-corrected chi connectivity index (χ4v) is 0.868. The summed E-state index contributed by atoms with van der Waals surface area (Å²) in [5.41, 5.74) is 5.13. The molecular formula is C7H14F2N2. The molecule has 1 saturated carbocycles. The molecule has 1 aliphatic carbocycles. The van der Waals surface area contributed by atoms with Crippen LogP contribution in [0.4, 0.5) is 8.78 Å². The summed E-state index contributed by atoms with van der Waals surface area (Å²) in [4.78, 5) is 0. The Morgan fingerprint density at radius 3 is 2.55 bits per heavy atom. The zero-order valence-electron chi connectivity index (χ0n) is 6.39. The van der Waals surface area contributed by atoms with Crippen LogP contribution in [0.3, 0.4) is 0 Å². The monoisotopic (exact) mass is 164 g/mol. The van der Waals surface area contributed by atoms with Gasteiger partial charge in [0.2, 0.25) is 0 Å². The quantitative estimate of drug-likeness (QED) is 0.628. The van der Waals surface area contributed by atoms with Crippen molar-refractivity contribution in [1.82, 2.24) is 5.32 Å². The van der Waals surface area contributed by atoms with Crippen molar-refractivity contribution in [3.63, 3.8) is 0 Å². The largest absolute Gasteiger partial charge is 0.323 e. The van der Waals surface area contributed by atoms with Crippen molar-refractivity contribution >= 4 is 0 Å². The first-order chi connectivity index (χ1) is 5.20. The molecule has 1 aliphatic rings. The van der Waals surface area contributed by atoms with Crippen molar-refractivity contribution in [2.24, 2.45) is 5.73 Å². The molecule has 2 nitrogen and oxygen atoms in total. The third-order valence-corrected chi connectivity index (χ3v) is 1.81. The first-order valence-electron chi connectivity index (χ1n) is 3.97. The van der Waals surface area contributed by atoms with E-state index >= 15 is 0 Å². The maximum absolute atomic E-state index is 11.8. The van der Waals surface area contributed by atoms with Crippen LogP contribution in [0, 0.1) is 0 Å². The van der Waals surface area contributed by atoms with Gasteiger partial charge in [-0.05, 0) is 25.8 Å². The highest BCUT2D eigenvalue weighted by Crippen LogP contribution is 2.18. The third kappa shape index (κ3) is 3.62. The number of hydrogen-bond acceptors (Lipinski definition) is 2. The minimum absolute atomic E-state index is 0.369. The Morgan fingerprint density at radius 2 is 2.09 bits per heavy atom. The lowest BCUT2D eigenvalue weighted by Crippen LogP contribution is -2.33. The summed E-state index contributed by atoms with van der Waals surface area (Å²) in [7, 11) is 0. The topological polar surface area (TPSA) is 38.0 Å². The normalized spacial score (nSPS) is 20.7. The van der Waals surface area contributed by atoms with Crippen LogP contribution >= 0.6 is 0 Å². The predicted octanol–water partition coefficient (Wildman–Crippen LogP) is 0.721. The fraction of sp³-hybridized carbons (Fsp3) is 1.00. The molecule has 0 saturated heterocycles. The zero-order valence-corrected chi connectivity index (χ0v) is 6.39. The molecule has 0 heterocycles. The molecule has 1 rings (SSSR count). The molecule has 3 N–H and O–H groups in total. The number of hydrogen-bond donors (Lipinski definition) is 2. The van der Waals surface area contributed by atoms with Crippen LogP contribution < -0.4 is 11.1 Å². The van der Waals surface area contributed by atoms with Gasteiger partial charge in [-0.25, -0.2) is 8.78 Å². The number of rotatable bonds is 5. The van der Waals surface area contributed by atoms with E-state index in [9.17, 15) is 8.78 Å². The Hall–Kier alpha value is -0.220. The smallest absolute Gasteiger partial charge is 0.253 e. The molecule has 0 radical (unpaired) electrons. The number of nitrogens with two attached hydrogens (primary N) is 1. The van der Waals surface area contributed by atoms with E-state index in [1.165, 1.54) is 12.8 Å². The van der Waals surface area contributed by atoms with Crippen molar-refractivity contribution in [3.05, 3.63) is 0 Å². The molecule has 66 valence electrons. The van der Waals surface area contributed by atoms with E-state index in [4.69, 9.17) is 5.73 Å². The van der Waals surface area contributed by atoms with Gasteiger partial charge in [0, 0.05) is 6.04 Å². The molecule has 11 heavy (non-hydrogen) atoms. The van der Waals surface area contributed by atoms with Crippen molar-refractivity contribution in [3.8, 4) is 0 Å². The average molecular weight is 164 g/mol. The van der Waals surface area contributed by atoms with Crippen molar-refractivity contribution in [2.75, 3.05) is 6.54 Å². The van der Waals surface area contributed by atoms with E-state index in [0.717, 1.165) is 0 Å². The number of nitrogens with one attached hydrogen (secondary N) is 1. The summed E-state index contributed by atoms with van der Waals surface area (Å²) in [6.45, 7) is 0.621. The molecular weight excluding hydrogens is 150 g/mol. The van der Waals surface area contributed by atoms with Crippen molar-refractivity contribution in [2.45, 2.75) is 37.8 Å². The summed E-state index contributed by atoms with van der Waals surface area (Å²) in [6.07, 6.45) is 0.359. The van der Waals surface area contributed by atoms with Crippen LogP contribution in [0.25, 0.3) is 0 Å². The Morgan fingerprint density at radius 1 is 1.45 bits per heavy atom. The lowest BCUT2D eigenvalue weighted by atomic mass is 10.2. The van der Waals surface area contributed by atoms with Gasteiger partial charge in [0.25, 0.3) is 6.43 Å². The Kier molecular flexibility index (Phi) is 3.20. The van der Waals surface area contributed by atoms with Gasteiger partial charge < -0.3 is 11.1 Å². The molecule has 0 spiro atoms. The summed E-state index contributed by atoms with van der Waals surface area (Å²) < 4.78 is 23.6. The zero-order chi connectivity index (χ0) is 8.27. The summed E-state index contributed by atoms with van der Waals surface area (Å²) in [5, 5.41) is 3.13. The van der Waals surface area contributed by atoms with Crippen LogP contribution in [-0.4, -0.2) is 25.1 Å². The lowest BCUT2D eigenvalue weighted by molar-refractivity contribution is 0.112. The highest BCUT2D eigenvalue weighted by atomic mass is 19.3. The van der Waals surface area contributed by atoms with Gasteiger partial charge >= 0.3 is 0 Å². The Labute approximate surface area is 65.1 Å². The Balaban J connectivity index is 1.92. The molecule has 0 bridgehead atoms. The highest BCUT2D eigenvalue weighted by molar-refractivity contribution is 4.81. The van der Waals surface area contributed by atoms with E-state index < -0.39 is 12.5 Å². The van der Waals surface area contributed by atoms with Gasteiger partial charge in [0.05, 0.1) is 6.04 Å². The van der Waals surface area contributed by atoms with Gasteiger partial charge in [0.15, 0.2) is 0 Å². The van der Waals surface area contributed by atoms with Crippen LogP contribution in [0.15, 0.2) is 0 Å². The second kappa shape index (κ2) is 3.97. The maximum atomic E-state index is 11.8. The third-order valence-electron chi connectivity index (χ3n) is 1.81. The Bertz CT molecular complexity index is 115. The van der Waals surface area contributed by atoms with Crippen molar-refractivity contribution in [1.29, 1.82) is 0 Å². The van der Waals surface area contributed by atoms with Crippen molar-refractivity contribution < 1.29 is 8.78 Å². The molecule has 4 heteroatoms. The summed E-state index contributed by atoms with van der Waals surface area (Å²) >= 11 is 0. The first-order valence-corrected chi connectivity index (χ1v) is 3.97. The van der Waals surface area contributed by atoms with Gasteiger partial charge in [-0.3, -0.25) is 0 Å². The molecule has 0 amide bonds. The minimum atomic E-state index is -2.38. The standard InChI is InChI=1S/C7H14F2N2/c8-7(9)6(10)3-4-11-5-1-2-5/h5-7,11H,1-4,10H2. The molecule has 0 aromatic carbocycles. The SMILES string of the molecule is NC(CCNC1CC1)C(F)F. The lowest BCUT2D eigenvalue weighted by Gasteiger charge is -2.09. The fourth-order valence-electron chi connectivity index (χ4n) is 0.868. The molecule has 0 aromatic rings. The average Bonchev–Trinajstić information content (AvgIpc) is 2.71. The van der Waals surface area contributed by atoms with E-state index in [-0.39, 0.29) is 0 Å². The first kappa shape index (κ1) is 8.87. The van der Waals surface area contributed by atoms with Crippen LogP contribution in [-0.2, 0) is 0 Å². The predicted molar refractivity (Wildman–Crippen MR) is 39.6 cm³/mol. The number of alkyl halides is 2. The molecule has 1 atom stereocenters. The van der Waals surface area contributed by atoms with E-state index in [1.54, 1.807) is 0 Å². The van der Waals surface area contributed by atoms with Crippen LogP contribution in [0.1, 0.15) is 19.3 Å².